The Morgan fingerprint density at radius 2 is 1.95 bits per heavy atom. The molecule has 7 heteroatoms. The number of aromatic nitrogens is 2. The third-order valence-corrected chi connectivity index (χ3v) is 2.92. The van der Waals surface area contributed by atoms with Gasteiger partial charge >= 0.3 is 0 Å². The van der Waals surface area contributed by atoms with Crippen molar-refractivity contribution in [2.45, 2.75) is 6.42 Å². The molecule has 0 saturated carbocycles. The Morgan fingerprint density at radius 3 is 2.71 bits per heavy atom. The van der Waals surface area contributed by atoms with Crippen LogP contribution in [-0.2, 0) is 0 Å². The zero-order valence-electron chi connectivity index (χ0n) is 11.1. The summed E-state index contributed by atoms with van der Waals surface area (Å²) in [7, 11) is 0. The first-order chi connectivity index (χ1) is 10.2. The maximum absolute atomic E-state index is 12.0. The van der Waals surface area contributed by atoms with E-state index >= 15 is 0 Å². The standard InChI is InChI=1S/C14H13N3O4/c18-13-5-3-10(16-17-13)14(19)15-9-2-4-11-12(8-9)21-7-1-6-20-11/h2-5,8H,1,6-7H2,(H,15,19)(H,17,18). The number of nitrogens with zero attached hydrogens (tertiary/aromatic N) is 1. The molecule has 0 fully saturated rings. The van der Waals surface area contributed by atoms with Gasteiger partial charge in [-0.25, -0.2) is 5.10 Å². The number of H-pyrrole nitrogens is 1. The zero-order chi connectivity index (χ0) is 14.7. The highest BCUT2D eigenvalue weighted by atomic mass is 16.5. The number of carbonyl (C=O) groups excluding carboxylic acids is 1. The lowest BCUT2D eigenvalue weighted by atomic mass is 10.2. The van der Waals surface area contributed by atoms with Crippen molar-refractivity contribution >= 4 is 11.6 Å². The van der Waals surface area contributed by atoms with Crippen molar-refractivity contribution < 1.29 is 14.3 Å². The quantitative estimate of drug-likeness (QED) is 0.865. The highest BCUT2D eigenvalue weighted by molar-refractivity contribution is 6.02. The number of hydrogen-bond donors (Lipinski definition) is 2. The predicted molar refractivity (Wildman–Crippen MR) is 74.9 cm³/mol. The lowest BCUT2D eigenvalue weighted by Crippen LogP contribution is -2.17. The van der Waals surface area contributed by atoms with Gasteiger partial charge in [-0.3, -0.25) is 9.59 Å². The molecule has 0 saturated heterocycles. The van der Waals surface area contributed by atoms with Crippen LogP contribution in [0.15, 0.2) is 35.1 Å². The lowest BCUT2D eigenvalue weighted by molar-refractivity contribution is 0.102. The Hall–Kier alpha value is -2.83. The number of ether oxygens (including phenoxy) is 2. The van der Waals surface area contributed by atoms with Gasteiger partial charge in [0.25, 0.3) is 11.5 Å². The summed E-state index contributed by atoms with van der Waals surface area (Å²) in [4.78, 5) is 22.9. The smallest absolute Gasteiger partial charge is 0.276 e. The molecule has 0 atom stereocenters. The predicted octanol–water partition coefficient (Wildman–Crippen LogP) is 1.18. The Labute approximate surface area is 119 Å². The number of anilines is 1. The van der Waals surface area contributed by atoms with Gasteiger partial charge in [-0.15, -0.1) is 0 Å². The highest BCUT2D eigenvalue weighted by Crippen LogP contribution is 2.32. The fraction of sp³-hybridized carbons (Fsp3) is 0.214. The van der Waals surface area contributed by atoms with Crippen LogP contribution in [0.25, 0.3) is 0 Å². The second kappa shape index (κ2) is 5.66. The molecular formula is C14H13N3O4. The van der Waals surface area contributed by atoms with Crippen LogP contribution in [0.3, 0.4) is 0 Å². The van der Waals surface area contributed by atoms with Gasteiger partial charge in [0.15, 0.2) is 11.5 Å². The van der Waals surface area contributed by atoms with Gasteiger partial charge in [-0.2, -0.15) is 5.10 Å². The number of aromatic amines is 1. The normalized spacial score (nSPS) is 13.3. The van der Waals surface area contributed by atoms with E-state index in [1.165, 1.54) is 12.1 Å². The number of nitrogens with one attached hydrogen (secondary N) is 2. The van der Waals surface area contributed by atoms with E-state index in [-0.39, 0.29) is 11.3 Å². The average Bonchev–Trinajstić information content (AvgIpc) is 2.72. The van der Waals surface area contributed by atoms with Crippen LogP contribution in [-0.4, -0.2) is 29.3 Å². The third kappa shape index (κ3) is 3.02. The van der Waals surface area contributed by atoms with Crippen molar-refractivity contribution in [1.82, 2.24) is 10.2 Å². The first-order valence-corrected chi connectivity index (χ1v) is 6.49. The van der Waals surface area contributed by atoms with Crippen LogP contribution < -0.4 is 20.3 Å². The van der Waals surface area contributed by atoms with Gasteiger partial charge < -0.3 is 14.8 Å². The molecule has 2 aromatic rings. The Kier molecular flexibility index (Phi) is 3.55. The van der Waals surface area contributed by atoms with Gasteiger partial charge in [0.05, 0.1) is 13.2 Å². The molecule has 0 bridgehead atoms. The summed E-state index contributed by atoms with van der Waals surface area (Å²) >= 11 is 0. The fourth-order valence-electron chi connectivity index (χ4n) is 1.91. The number of carbonyl (C=O) groups is 1. The molecular weight excluding hydrogens is 274 g/mol. The zero-order valence-corrected chi connectivity index (χ0v) is 11.1. The van der Waals surface area contributed by atoms with Crippen molar-refractivity contribution in [3.8, 4) is 11.5 Å². The minimum atomic E-state index is -0.416. The van der Waals surface area contributed by atoms with E-state index in [1.807, 2.05) is 0 Å². The second-order valence-electron chi connectivity index (χ2n) is 4.47. The van der Waals surface area contributed by atoms with Crippen LogP contribution in [0.1, 0.15) is 16.9 Å². The van der Waals surface area contributed by atoms with E-state index < -0.39 is 5.91 Å². The lowest BCUT2D eigenvalue weighted by Gasteiger charge is -2.10. The van der Waals surface area contributed by atoms with E-state index in [4.69, 9.17) is 9.47 Å². The van der Waals surface area contributed by atoms with E-state index in [0.717, 1.165) is 6.42 Å². The molecule has 7 nitrogen and oxygen atoms in total. The van der Waals surface area contributed by atoms with Gasteiger partial charge in [-0.05, 0) is 18.2 Å². The minimum absolute atomic E-state index is 0.127. The Morgan fingerprint density at radius 1 is 1.14 bits per heavy atom. The Balaban J connectivity index is 1.78. The van der Waals surface area contributed by atoms with Crippen LogP contribution in [0, 0.1) is 0 Å². The monoisotopic (exact) mass is 287 g/mol. The number of hydrogen-bond acceptors (Lipinski definition) is 5. The van der Waals surface area contributed by atoms with Gasteiger partial charge in [0, 0.05) is 24.2 Å². The van der Waals surface area contributed by atoms with Crippen molar-refractivity contribution in [2.24, 2.45) is 0 Å². The first kappa shape index (κ1) is 13.2. The van der Waals surface area contributed by atoms with E-state index in [2.05, 4.69) is 15.5 Å². The molecule has 2 heterocycles. The molecule has 1 aromatic heterocycles. The van der Waals surface area contributed by atoms with Crippen LogP contribution in [0.4, 0.5) is 5.69 Å². The molecule has 21 heavy (non-hydrogen) atoms. The summed E-state index contributed by atoms with van der Waals surface area (Å²) in [6.07, 6.45) is 0.817. The molecule has 108 valence electrons. The van der Waals surface area contributed by atoms with Gasteiger partial charge in [0.2, 0.25) is 0 Å². The second-order valence-corrected chi connectivity index (χ2v) is 4.47. The van der Waals surface area contributed by atoms with Gasteiger partial charge in [0.1, 0.15) is 5.69 Å². The highest BCUT2D eigenvalue weighted by Gasteiger charge is 2.13. The summed E-state index contributed by atoms with van der Waals surface area (Å²) in [5, 5.41) is 8.57. The van der Waals surface area contributed by atoms with Crippen molar-refractivity contribution in [2.75, 3.05) is 18.5 Å². The fourth-order valence-corrected chi connectivity index (χ4v) is 1.91. The topological polar surface area (TPSA) is 93.3 Å². The average molecular weight is 287 g/mol. The molecule has 0 radical (unpaired) electrons. The summed E-state index contributed by atoms with van der Waals surface area (Å²) in [5.74, 6) is 0.841. The molecule has 0 spiro atoms. The van der Waals surface area contributed by atoms with Gasteiger partial charge in [-0.1, -0.05) is 0 Å². The summed E-state index contributed by atoms with van der Waals surface area (Å²) in [6.45, 7) is 1.19. The maximum atomic E-state index is 12.0. The molecule has 1 aliphatic rings. The van der Waals surface area contributed by atoms with Crippen molar-refractivity contribution in [1.29, 1.82) is 0 Å². The molecule has 2 N–H and O–H groups in total. The van der Waals surface area contributed by atoms with Crippen LogP contribution in [0.2, 0.25) is 0 Å². The Bertz CT molecular complexity index is 706. The number of rotatable bonds is 2. The molecule has 0 unspecified atom stereocenters. The SMILES string of the molecule is O=C(Nc1ccc2c(c1)OCCCO2)c1ccc(=O)[nH]n1. The molecule has 1 aliphatic heterocycles. The third-order valence-electron chi connectivity index (χ3n) is 2.92. The van der Waals surface area contributed by atoms with Crippen molar-refractivity contribution in [3.05, 3.63) is 46.4 Å². The summed E-state index contributed by atoms with van der Waals surface area (Å²) in [5.41, 5.74) is 0.334. The number of benzene rings is 1. The van der Waals surface area contributed by atoms with Crippen LogP contribution in [0.5, 0.6) is 11.5 Å². The summed E-state index contributed by atoms with van der Waals surface area (Å²) < 4.78 is 11.1. The molecule has 3 rings (SSSR count). The maximum Gasteiger partial charge on any atom is 0.276 e. The molecule has 1 aromatic carbocycles. The van der Waals surface area contributed by atoms with Crippen LogP contribution >= 0.6 is 0 Å². The summed E-state index contributed by atoms with van der Waals surface area (Å²) in [6, 6.07) is 7.77. The number of fused-ring (bicyclic) bond motifs is 1. The minimum Gasteiger partial charge on any atom is -0.490 e. The largest absolute Gasteiger partial charge is 0.490 e. The molecule has 1 amide bonds. The van der Waals surface area contributed by atoms with Crippen molar-refractivity contribution in [3.63, 3.8) is 0 Å². The van der Waals surface area contributed by atoms with E-state index in [9.17, 15) is 9.59 Å². The van der Waals surface area contributed by atoms with E-state index in [1.54, 1.807) is 18.2 Å². The van der Waals surface area contributed by atoms with E-state index in [0.29, 0.717) is 30.4 Å². The molecule has 0 aliphatic carbocycles. The number of amides is 1. The first-order valence-electron chi connectivity index (χ1n) is 6.49.